The second-order valence-electron chi connectivity index (χ2n) is 24.0. The van der Waals surface area contributed by atoms with E-state index in [1.165, 1.54) is 50.4 Å². The van der Waals surface area contributed by atoms with Gasteiger partial charge in [-0.1, -0.05) is 77.0 Å². The quantitative estimate of drug-likeness (QED) is 0.0260. The minimum atomic E-state index is -3.75. The van der Waals surface area contributed by atoms with E-state index in [-0.39, 0.29) is 64.4 Å². The lowest BCUT2D eigenvalue weighted by atomic mass is 10.2. The summed E-state index contributed by atoms with van der Waals surface area (Å²) in [5, 5.41) is 46.0. The number of anilines is 6. The number of rotatable bonds is 21. The molecule has 0 bridgehead atoms. The van der Waals surface area contributed by atoms with Crippen LogP contribution in [0.3, 0.4) is 0 Å². The number of pyridine rings is 6. The zero-order chi connectivity index (χ0) is 86.0. The standard InChI is InChI=1S/C14H17ClN4O4S.C13H15ClN4O2.C12H12Cl2N4O.C11H8BrClF2N4O.2C11H12ClN5.CH4/c1-4-18(14(20)10(2)23-24(3,21)22)12-9-19(17-13(12)15)11-6-5-7-16-8-11;1-9(19)6-12(20)17(2)11-8-18(16-13(11)14)10-4-3-5-15-7-10;1-2-17(11(19)6-13)10-8-18(16-12(10)14)9-4-3-5-15-7-9;1-18(10(20)11(12,14)15)8-6-19(17-9(8)13)7-3-2-4-16-5-7;1-8(13)16(2)10-7-17(15-11(10)12)9-4-3-5-14-6-9;1-8(13-2)15-10-7-17(16-11(10)12)9-4-3-5-14-6-9;/h5-10H,4H2,1-3H3;3-5,7-9,19H,6H2,1-2H3;3-5,7-8H,2,6H2,1H3;2-6H,1H3;3-7,13H,1-2H3;3-7H,1-2H3,(H,13,15);1H4. The molecule has 2 unspecified atom stereocenters. The number of aliphatic hydroxyl groups excluding tert-OH is 1. The summed E-state index contributed by atoms with van der Waals surface area (Å²) in [5.74, 6) is -1.33. The Labute approximate surface area is 721 Å². The third-order valence-electron chi connectivity index (χ3n) is 15.6. The zero-order valence-electron chi connectivity index (χ0n) is 64.0. The molecule has 12 rings (SSSR count). The Morgan fingerprint density at radius 3 is 1.14 bits per heavy atom. The SMILES string of the molecule is C.CC(=N)N(C)c1cn(-c2cccnc2)nc1Cl.CC(O)CC(=O)N(C)c1cn(-c2cccnc2)nc1Cl.CCN(C(=O)C(C)OS(C)(=O)=O)c1cn(-c2cccnc2)nc1Cl.CCN(C(=O)CCl)c1cn(-c2cccnc2)nc1Cl.CN(C(=O)C(F)(F)Br)c1cn(-c2cccnc2)nc1Cl.CN=C(C)Nc1cn(-c2cccnc2)nc1Cl. The van der Waals surface area contributed by atoms with E-state index in [9.17, 15) is 41.5 Å². The highest BCUT2D eigenvalue weighted by Gasteiger charge is 2.39. The van der Waals surface area contributed by atoms with Crippen LogP contribution in [-0.4, -0.2) is 208 Å². The molecule has 0 saturated carbocycles. The van der Waals surface area contributed by atoms with Gasteiger partial charge in [0.05, 0.1) is 145 Å². The van der Waals surface area contributed by atoms with E-state index >= 15 is 0 Å². The van der Waals surface area contributed by atoms with Gasteiger partial charge in [-0.2, -0.15) is 47.8 Å². The molecule has 12 aromatic heterocycles. The molecule has 3 N–H and O–H groups in total. The van der Waals surface area contributed by atoms with E-state index in [2.05, 4.69) is 70.8 Å². The molecule has 12 heterocycles. The fraction of sp³-hybridized carbons (Fsp3) is 0.260. The van der Waals surface area contributed by atoms with Crippen molar-refractivity contribution in [2.75, 3.05) is 83.2 Å². The van der Waals surface area contributed by atoms with Crippen molar-refractivity contribution in [2.24, 2.45) is 4.99 Å². The van der Waals surface area contributed by atoms with Gasteiger partial charge in [-0.25, -0.2) is 28.1 Å². The minimum Gasteiger partial charge on any atom is -0.393 e. The number of likely N-dealkylation sites (N-methyl/N-ethyl adjacent to an activating group) is 1. The van der Waals surface area contributed by atoms with Crippen LogP contribution in [0.4, 0.5) is 42.9 Å². The predicted molar refractivity (Wildman–Crippen MR) is 459 cm³/mol. The van der Waals surface area contributed by atoms with Crippen molar-refractivity contribution in [3.8, 4) is 34.1 Å². The molecule has 34 nitrogen and oxygen atoms in total. The van der Waals surface area contributed by atoms with E-state index in [1.54, 1.807) is 201 Å². The first kappa shape index (κ1) is 96.1. The first-order chi connectivity index (χ1) is 55.5. The molecule has 0 aliphatic heterocycles. The molecular formula is C73H80BrCl7F2N26O8S. The summed E-state index contributed by atoms with van der Waals surface area (Å²) in [5.41, 5.74) is 7.34. The maximum atomic E-state index is 13.0. The van der Waals surface area contributed by atoms with Crippen LogP contribution in [0.2, 0.25) is 30.9 Å². The molecule has 0 spiro atoms. The lowest BCUT2D eigenvalue weighted by Gasteiger charge is -2.22. The summed E-state index contributed by atoms with van der Waals surface area (Å²) < 4.78 is 62.3. The van der Waals surface area contributed by atoms with Crippen molar-refractivity contribution in [3.63, 3.8) is 0 Å². The van der Waals surface area contributed by atoms with Gasteiger partial charge in [0.15, 0.2) is 37.0 Å². The van der Waals surface area contributed by atoms with Gasteiger partial charge in [0.1, 0.15) is 34.3 Å². The van der Waals surface area contributed by atoms with E-state index < -0.39 is 39.0 Å². The number of alkyl halides is 4. The maximum absolute atomic E-state index is 13.0. The normalized spacial score (nSPS) is 11.5. The fourth-order valence-corrected chi connectivity index (χ4v) is 12.1. The smallest absolute Gasteiger partial charge is 0.378 e. The van der Waals surface area contributed by atoms with Crippen molar-refractivity contribution in [2.45, 2.75) is 72.4 Å². The lowest BCUT2D eigenvalue weighted by molar-refractivity contribution is -0.131. The molecule has 2 atom stereocenters. The van der Waals surface area contributed by atoms with Crippen molar-refractivity contribution in [1.82, 2.24) is 88.6 Å². The first-order valence-electron chi connectivity index (χ1n) is 34.3. The maximum Gasteiger partial charge on any atom is 0.378 e. The number of nitrogens with one attached hydrogen (secondary N) is 2. The van der Waals surface area contributed by atoms with Gasteiger partial charge in [0.25, 0.3) is 16.0 Å². The molecule has 45 heteroatoms. The van der Waals surface area contributed by atoms with Crippen LogP contribution < -0.4 is 29.8 Å². The van der Waals surface area contributed by atoms with Crippen molar-refractivity contribution in [3.05, 3.63) is 215 Å². The number of amidine groups is 2. The summed E-state index contributed by atoms with van der Waals surface area (Å²) >= 11 is 43.8. The molecule has 118 heavy (non-hydrogen) atoms. The largest absolute Gasteiger partial charge is 0.393 e. The Balaban J connectivity index is 0.000000220. The van der Waals surface area contributed by atoms with Crippen LogP contribution in [-0.2, 0) is 33.5 Å². The molecule has 0 radical (unpaired) electrons. The summed E-state index contributed by atoms with van der Waals surface area (Å²) in [6.07, 6.45) is 28.7. The van der Waals surface area contributed by atoms with Crippen LogP contribution in [0.1, 0.15) is 55.4 Å². The Morgan fingerprint density at radius 1 is 0.542 bits per heavy atom. The summed E-state index contributed by atoms with van der Waals surface area (Å²) in [6.45, 7) is 10.8. The number of hydrogen-bond donors (Lipinski definition) is 3. The molecule has 4 amide bonds. The van der Waals surface area contributed by atoms with Gasteiger partial charge in [0, 0.05) is 94.4 Å². The molecule has 0 fully saturated rings. The van der Waals surface area contributed by atoms with Crippen molar-refractivity contribution in [1.29, 1.82) is 5.41 Å². The van der Waals surface area contributed by atoms with Gasteiger partial charge >= 0.3 is 10.7 Å². The van der Waals surface area contributed by atoms with Gasteiger partial charge < -0.3 is 34.9 Å². The van der Waals surface area contributed by atoms with E-state index in [0.29, 0.717) is 56.8 Å². The topological polar surface area (TPSA) is 381 Å². The van der Waals surface area contributed by atoms with E-state index in [0.717, 1.165) is 45.4 Å². The third kappa shape index (κ3) is 27.4. The number of amides is 4. The van der Waals surface area contributed by atoms with E-state index in [1.807, 2.05) is 66.2 Å². The molecular weight excluding hydrogens is 1770 g/mol. The molecule has 0 saturated heterocycles. The fourth-order valence-electron chi connectivity index (χ4n) is 9.70. The van der Waals surface area contributed by atoms with E-state index in [4.69, 9.17) is 90.8 Å². The monoisotopic (exact) mass is 1840 g/mol. The molecule has 0 aliphatic carbocycles. The number of hydrogen-bond acceptors (Lipinski definition) is 22. The van der Waals surface area contributed by atoms with Crippen LogP contribution >= 0.6 is 97.1 Å². The predicted octanol–water partition coefficient (Wildman–Crippen LogP) is 14.0. The average molecular weight is 1850 g/mol. The molecule has 0 aromatic carbocycles. The van der Waals surface area contributed by atoms with Crippen LogP contribution in [0.15, 0.2) is 189 Å². The Bertz CT molecular complexity index is 5410. The number of aliphatic imine (C=N–C) groups is 1. The lowest BCUT2D eigenvalue weighted by Crippen LogP contribution is -2.40. The highest BCUT2D eigenvalue weighted by molar-refractivity contribution is 9.10. The third-order valence-corrected chi connectivity index (χ3v) is 18.4. The van der Waals surface area contributed by atoms with Crippen LogP contribution in [0.5, 0.6) is 0 Å². The number of carbonyl (C=O) groups excluding carboxylic acids is 4. The Morgan fingerprint density at radius 2 is 0.847 bits per heavy atom. The number of aliphatic hydroxyl groups is 1. The zero-order valence-corrected chi connectivity index (χ0v) is 71.7. The molecule has 626 valence electrons. The number of nitrogens with zero attached hydrogens (tertiary/aromatic N) is 24. The first-order valence-corrected chi connectivity index (χ1v) is 39.7. The number of carbonyl (C=O) groups is 4. The van der Waals surface area contributed by atoms with Crippen molar-refractivity contribution >= 4 is 177 Å². The second-order valence-corrected chi connectivity index (χ2v) is 29.0. The van der Waals surface area contributed by atoms with Crippen molar-refractivity contribution < 1.29 is 45.7 Å². The molecule has 0 aliphatic rings. The summed E-state index contributed by atoms with van der Waals surface area (Å²) in [7, 11) is 2.52. The van der Waals surface area contributed by atoms with Gasteiger partial charge in [-0.3, -0.25) is 63.7 Å². The molecule has 12 aromatic rings. The summed E-state index contributed by atoms with van der Waals surface area (Å²) in [4.78, 5) is 78.5. The summed E-state index contributed by atoms with van der Waals surface area (Å²) in [6, 6.07) is 21.7. The Kier molecular flexibility index (Phi) is 36.8. The van der Waals surface area contributed by atoms with Gasteiger partial charge in [0.2, 0.25) is 11.8 Å². The Hall–Kier alpha value is -10.8. The van der Waals surface area contributed by atoms with Gasteiger partial charge in [-0.15, -0.1) is 11.6 Å². The highest BCUT2D eigenvalue weighted by atomic mass is 79.9. The van der Waals surface area contributed by atoms with Gasteiger partial charge in [-0.05, 0) is 114 Å². The van der Waals surface area contributed by atoms with Crippen LogP contribution in [0, 0.1) is 5.41 Å². The minimum absolute atomic E-state index is 0. The van der Waals surface area contributed by atoms with Crippen LogP contribution in [0.25, 0.3) is 34.1 Å². The second kappa shape index (κ2) is 45.2. The average Bonchev–Trinajstić information content (AvgIpc) is 1.66. The number of aromatic nitrogens is 18. The highest BCUT2D eigenvalue weighted by Crippen LogP contribution is 2.33. The number of halogens is 10.